The summed E-state index contributed by atoms with van der Waals surface area (Å²) in [7, 11) is 0. The lowest BCUT2D eigenvalue weighted by Gasteiger charge is -2.20. The SMILES string of the molecule is Cc1cc(N)cc(C)c1C(O)C(O)C(N)=O. The second-order valence-electron chi connectivity index (χ2n) is 3.86. The Morgan fingerprint density at radius 1 is 1.25 bits per heavy atom. The Bertz CT molecular complexity index is 395. The number of carbonyl (C=O) groups excluding carboxylic acids is 1. The highest BCUT2D eigenvalue weighted by Crippen LogP contribution is 2.26. The summed E-state index contributed by atoms with van der Waals surface area (Å²) in [6.07, 6.45) is -2.93. The zero-order valence-corrected chi connectivity index (χ0v) is 9.27. The predicted molar refractivity (Wildman–Crippen MR) is 60.5 cm³/mol. The Hall–Kier alpha value is -1.59. The number of aryl methyl sites for hydroxylation is 2. The first-order valence-electron chi connectivity index (χ1n) is 4.86. The zero-order chi connectivity index (χ0) is 12.5. The molecule has 0 heterocycles. The normalized spacial score (nSPS) is 14.5. The van der Waals surface area contributed by atoms with Crippen LogP contribution in [0.1, 0.15) is 22.8 Å². The molecule has 0 aliphatic heterocycles. The number of aliphatic hydroxyl groups is 2. The highest BCUT2D eigenvalue weighted by atomic mass is 16.3. The Balaban J connectivity index is 3.18. The smallest absolute Gasteiger partial charge is 0.249 e. The van der Waals surface area contributed by atoms with Crippen molar-refractivity contribution in [1.82, 2.24) is 0 Å². The van der Waals surface area contributed by atoms with Gasteiger partial charge in [-0.05, 0) is 42.7 Å². The van der Waals surface area contributed by atoms with E-state index in [0.29, 0.717) is 22.4 Å². The first kappa shape index (κ1) is 12.5. The Kier molecular flexibility index (Phi) is 3.51. The van der Waals surface area contributed by atoms with Crippen LogP contribution in [0.25, 0.3) is 0 Å². The monoisotopic (exact) mass is 224 g/mol. The quantitative estimate of drug-likeness (QED) is 0.531. The summed E-state index contributed by atoms with van der Waals surface area (Å²) in [6, 6.07) is 3.33. The maximum Gasteiger partial charge on any atom is 0.249 e. The van der Waals surface area contributed by atoms with Crippen LogP contribution in [0, 0.1) is 13.8 Å². The highest BCUT2D eigenvalue weighted by molar-refractivity contribution is 5.79. The van der Waals surface area contributed by atoms with Crippen LogP contribution in [0.4, 0.5) is 5.69 Å². The molecule has 0 aliphatic carbocycles. The fourth-order valence-corrected chi connectivity index (χ4v) is 1.79. The predicted octanol–water partition coefficient (Wildman–Crippen LogP) is -0.235. The molecule has 0 spiro atoms. The molecule has 16 heavy (non-hydrogen) atoms. The fraction of sp³-hybridized carbons (Fsp3) is 0.364. The fourth-order valence-electron chi connectivity index (χ4n) is 1.79. The summed E-state index contributed by atoms with van der Waals surface area (Å²) in [4.78, 5) is 10.8. The number of amides is 1. The van der Waals surface area contributed by atoms with Gasteiger partial charge in [-0.15, -0.1) is 0 Å². The molecule has 0 saturated heterocycles. The van der Waals surface area contributed by atoms with Crippen molar-refractivity contribution in [2.75, 3.05) is 5.73 Å². The van der Waals surface area contributed by atoms with Crippen LogP contribution in [0.15, 0.2) is 12.1 Å². The van der Waals surface area contributed by atoms with Crippen molar-refractivity contribution in [2.24, 2.45) is 5.73 Å². The van der Waals surface area contributed by atoms with E-state index in [0.717, 1.165) is 0 Å². The van der Waals surface area contributed by atoms with E-state index in [-0.39, 0.29) is 0 Å². The minimum Gasteiger partial charge on any atom is -0.399 e. The summed E-state index contributed by atoms with van der Waals surface area (Å²) < 4.78 is 0. The summed E-state index contributed by atoms with van der Waals surface area (Å²) in [5, 5.41) is 19.2. The van der Waals surface area contributed by atoms with Crippen LogP contribution >= 0.6 is 0 Å². The number of aliphatic hydroxyl groups excluding tert-OH is 2. The summed E-state index contributed by atoms with van der Waals surface area (Å²) >= 11 is 0. The minimum absolute atomic E-state index is 0.487. The lowest BCUT2D eigenvalue weighted by molar-refractivity contribution is -0.132. The first-order valence-corrected chi connectivity index (χ1v) is 4.86. The molecule has 88 valence electrons. The standard InChI is InChI=1S/C11H16N2O3/c1-5-3-7(12)4-6(2)8(5)9(14)10(15)11(13)16/h3-4,9-10,14-15H,12H2,1-2H3,(H2,13,16). The van der Waals surface area contributed by atoms with E-state index >= 15 is 0 Å². The number of primary amides is 1. The van der Waals surface area contributed by atoms with Gasteiger partial charge in [0.05, 0.1) is 0 Å². The molecule has 6 N–H and O–H groups in total. The van der Waals surface area contributed by atoms with Gasteiger partial charge in [-0.3, -0.25) is 4.79 Å². The number of rotatable bonds is 3. The molecule has 0 saturated carbocycles. The molecule has 1 rings (SSSR count). The number of nitrogens with two attached hydrogens (primary N) is 2. The number of hydrogen-bond donors (Lipinski definition) is 4. The lowest BCUT2D eigenvalue weighted by atomic mass is 9.94. The molecule has 0 aromatic heterocycles. The Morgan fingerprint density at radius 2 is 1.69 bits per heavy atom. The molecular formula is C11H16N2O3. The van der Waals surface area contributed by atoms with E-state index in [1.165, 1.54) is 0 Å². The third-order valence-electron chi connectivity index (χ3n) is 2.50. The van der Waals surface area contributed by atoms with Gasteiger partial charge < -0.3 is 21.7 Å². The van der Waals surface area contributed by atoms with Crippen molar-refractivity contribution in [2.45, 2.75) is 26.1 Å². The van der Waals surface area contributed by atoms with Crippen LogP contribution in [0.5, 0.6) is 0 Å². The molecule has 1 aromatic carbocycles. The van der Waals surface area contributed by atoms with Crippen LogP contribution < -0.4 is 11.5 Å². The highest BCUT2D eigenvalue weighted by Gasteiger charge is 2.26. The van der Waals surface area contributed by atoms with Gasteiger partial charge in [0.1, 0.15) is 6.10 Å². The van der Waals surface area contributed by atoms with E-state index in [1.807, 2.05) is 0 Å². The average Bonchev–Trinajstić information content (AvgIpc) is 2.14. The topological polar surface area (TPSA) is 110 Å². The van der Waals surface area contributed by atoms with Crippen molar-refractivity contribution in [1.29, 1.82) is 0 Å². The van der Waals surface area contributed by atoms with Gasteiger partial charge in [0.2, 0.25) is 5.91 Å². The van der Waals surface area contributed by atoms with Crippen LogP contribution in [0.2, 0.25) is 0 Å². The van der Waals surface area contributed by atoms with Gasteiger partial charge in [0, 0.05) is 5.69 Å². The molecule has 0 fully saturated rings. The summed E-state index contributed by atoms with van der Waals surface area (Å²) in [6.45, 7) is 3.49. The Morgan fingerprint density at radius 3 is 2.06 bits per heavy atom. The minimum atomic E-state index is -1.61. The van der Waals surface area contributed by atoms with Gasteiger partial charge in [0.25, 0.3) is 0 Å². The second-order valence-corrected chi connectivity index (χ2v) is 3.86. The van der Waals surface area contributed by atoms with E-state index in [1.54, 1.807) is 26.0 Å². The molecule has 5 heteroatoms. The van der Waals surface area contributed by atoms with Gasteiger partial charge in [-0.2, -0.15) is 0 Å². The molecule has 1 aromatic rings. The van der Waals surface area contributed by atoms with Crippen LogP contribution in [0.3, 0.4) is 0 Å². The maximum absolute atomic E-state index is 10.8. The second kappa shape index (κ2) is 4.51. The van der Waals surface area contributed by atoms with E-state index in [4.69, 9.17) is 11.5 Å². The average molecular weight is 224 g/mol. The van der Waals surface area contributed by atoms with E-state index < -0.39 is 18.1 Å². The van der Waals surface area contributed by atoms with Gasteiger partial charge in [-0.1, -0.05) is 0 Å². The van der Waals surface area contributed by atoms with Crippen molar-refractivity contribution >= 4 is 11.6 Å². The van der Waals surface area contributed by atoms with E-state index in [9.17, 15) is 15.0 Å². The van der Waals surface area contributed by atoms with Crippen molar-refractivity contribution in [3.63, 3.8) is 0 Å². The van der Waals surface area contributed by atoms with Crippen LogP contribution in [-0.2, 0) is 4.79 Å². The van der Waals surface area contributed by atoms with Gasteiger partial charge in [0.15, 0.2) is 6.10 Å². The number of hydrogen-bond acceptors (Lipinski definition) is 4. The summed E-state index contributed by atoms with van der Waals surface area (Å²) in [5.74, 6) is -0.955. The van der Waals surface area contributed by atoms with Crippen molar-refractivity contribution < 1.29 is 15.0 Å². The number of carbonyl (C=O) groups is 1. The zero-order valence-electron chi connectivity index (χ0n) is 9.27. The van der Waals surface area contributed by atoms with Gasteiger partial charge in [-0.25, -0.2) is 0 Å². The largest absolute Gasteiger partial charge is 0.399 e. The molecule has 0 radical (unpaired) electrons. The molecule has 2 unspecified atom stereocenters. The third-order valence-corrected chi connectivity index (χ3v) is 2.50. The number of benzene rings is 1. The molecule has 0 bridgehead atoms. The van der Waals surface area contributed by atoms with Crippen LogP contribution in [-0.4, -0.2) is 22.2 Å². The lowest BCUT2D eigenvalue weighted by Crippen LogP contribution is -2.34. The molecule has 1 amide bonds. The maximum atomic E-state index is 10.8. The number of nitrogen functional groups attached to an aromatic ring is 1. The van der Waals surface area contributed by atoms with Crippen molar-refractivity contribution in [3.05, 3.63) is 28.8 Å². The third kappa shape index (κ3) is 2.32. The molecule has 0 aliphatic rings. The van der Waals surface area contributed by atoms with Crippen molar-refractivity contribution in [3.8, 4) is 0 Å². The Labute approximate surface area is 93.7 Å². The number of anilines is 1. The first-order chi connectivity index (χ1) is 7.34. The van der Waals surface area contributed by atoms with E-state index in [2.05, 4.69) is 0 Å². The molecular weight excluding hydrogens is 208 g/mol. The molecule has 2 atom stereocenters. The molecule has 5 nitrogen and oxygen atoms in total. The van der Waals surface area contributed by atoms with Gasteiger partial charge >= 0.3 is 0 Å². The summed E-state index contributed by atoms with van der Waals surface area (Å²) in [5.41, 5.74) is 13.0.